The van der Waals surface area contributed by atoms with Crippen molar-refractivity contribution >= 4 is 11.9 Å². The highest BCUT2D eigenvalue weighted by atomic mass is 16.5. The maximum atomic E-state index is 12.1. The van der Waals surface area contributed by atoms with E-state index in [0.29, 0.717) is 11.1 Å². The van der Waals surface area contributed by atoms with E-state index in [0.717, 1.165) is 11.1 Å². The number of hydrogen-bond donors (Lipinski definition) is 2. The molecule has 0 spiro atoms. The fraction of sp³-hybridized carbons (Fsp3) is 0.0556. The third kappa shape index (κ3) is 2.69. The summed E-state index contributed by atoms with van der Waals surface area (Å²) < 4.78 is 10.3. The number of rotatable bonds is 4. The molecule has 3 aromatic rings. The van der Waals surface area contributed by atoms with Gasteiger partial charge in [0.1, 0.15) is 0 Å². The van der Waals surface area contributed by atoms with Gasteiger partial charge in [-0.3, -0.25) is 5.21 Å². The lowest BCUT2D eigenvalue weighted by Crippen LogP contribution is -2.01. The van der Waals surface area contributed by atoms with Gasteiger partial charge in [-0.15, -0.1) is 0 Å². The van der Waals surface area contributed by atoms with Gasteiger partial charge in [-0.25, -0.2) is 10.3 Å². The summed E-state index contributed by atoms with van der Waals surface area (Å²) in [7, 11) is 1.29. The maximum absolute atomic E-state index is 12.1. The van der Waals surface area contributed by atoms with Crippen LogP contribution in [0.2, 0.25) is 0 Å². The average molecular weight is 309 g/mol. The first kappa shape index (κ1) is 14.9. The van der Waals surface area contributed by atoms with E-state index >= 15 is 0 Å². The largest absolute Gasteiger partial charge is 0.463 e. The summed E-state index contributed by atoms with van der Waals surface area (Å²) in [6, 6.07) is 18.7. The van der Waals surface area contributed by atoms with Crippen LogP contribution in [0.4, 0.5) is 5.88 Å². The standard InChI is InChI=1S/C18H15NO4/c1-22-18(20)16-14(12-8-4-2-5-9-12)15(17(19-21)23-16)13-10-6-3-7-11-13/h2-11,19,21H,1H3. The SMILES string of the molecule is COC(=O)c1oc(NO)c(-c2ccccc2)c1-c1ccccc1. The van der Waals surface area contributed by atoms with Gasteiger partial charge in [0.25, 0.3) is 0 Å². The number of hydrogen-bond acceptors (Lipinski definition) is 5. The average Bonchev–Trinajstić information content (AvgIpc) is 3.02. The molecule has 0 aliphatic carbocycles. The summed E-state index contributed by atoms with van der Waals surface area (Å²) in [6.45, 7) is 0. The third-order valence-electron chi connectivity index (χ3n) is 3.51. The molecule has 3 rings (SSSR count). The van der Waals surface area contributed by atoms with Crippen LogP contribution in [0.3, 0.4) is 0 Å². The molecule has 0 fully saturated rings. The molecule has 5 nitrogen and oxygen atoms in total. The first-order chi connectivity index (χ1) is 11.3. The van der Waals surface area contributed by atoms with Crippen molar-refractivity contribution in [2.45, 2.75) is 0 Å². The van der Waals surface area contributed by atoms with E-state index in [1.165, 1.54) is 7.11 Å². The zero-order chi connectivity index (χ0) is 16.2. The number of furan rings is 1. The zero-order valence-corrected chi connectivity index (χ0v) is 12.4. The summed E-state index contributed by atoms with van der Waals surface area (Å²) in [5.41, 5.74) is 4.79. The number of anilines is 1. The van der Waals surface area contributed by atoms with Gasteiger partial charge < -0.3 is 9.15 Å². The van der Waals surface area contributed by atoms with E-state index in [1.807, 2.05) is 66.1 Å². The first-order valence-electron chi connectivity index (χ1n) is 7.02. The van der Waals surface area contributed by atoms with Gasteiger partial charge >= 0.3 is 5.97 Å². The van der Waals surface area contributed by atoms with Gasteiger partial charge in [0.2, 0.25) is 11.6 Å². The van der Waals surface area contributed by atoms with Crippen molar-refractivity contribution < 1.29 is 19.2 Å². The zero-order valence-electron chi connectivity index (χ0n) is 12.4. The first-order valence-corrected chi connectivity index (χ1v) is 7.02. The molecule has 116 valence electrons. The normalized spacial score (nSPS) is 10.3. The lowest BCUT2D eigenvalue weighted by atomic mass is 9.96. The molecule has 5 heteroatoms. The summed E-state index contributed by atoms with van der Waals surface area (Å²) in [4.78, 5) is 12.1. The molecule has 0 bridgehead atoms. The maximum Gasteiger partial charge on any atom is 0.374 e. The third-order valence-corrected chi connectivity index (χ3v) is 3.51. The van der Waals surface area contributed by atoms with Crippen molar-refractivity contribution in [1.29, 1.82) is 0 Å². The molecule has 0 unspecified atom stereocenters. The van der Waals surface area contributed by atoms with Gasteiger partial charge in [-0.1, -0.05) is 60.7 Å². The Kier molecular flexibility index (Phi) is 4.12. The van der Waals surface area contributed by atoms with E-state index < -0.39 is 5.97 Å². The molecule has 0 aliphatic rings. The molecule has 0 amide bonds. The summed E-state index contributed by atoms with van der Waals surface area (Å²) >= 11 is 0. The number of carbonyl (C=O) groups is 1. The van der Waals surface area contributed by atoms with E-state index in [9.17, 15) is 10.0 Å². The molecule has 1 heterocycles. The molecular weight excluding hydrogens is 294 g/mol. The Morgan fingerprint density at radius 2 is 1.48 bits per heavy atom. The lowest BCUT2D eigenvalue weighted by Gasteiger charge is -2.06. The van der Waals surface area contributed by atoms with Gasteiger partial charge in [-0.2, -0.15) is 0 Å². The van der Waals surface area contributed by atoms with E-state index in [1.54, 1.807) is 0 Å². The van der Waals surface area contributed by atoms with Crippen LogP contribution in [0, 0.1) is 0 Å². The van der Waals surface area contributed by atoms with Gasteiger partial charge in [-0.05, 0) is 11.1 Å². The van der Waals surface area contributed by atoms with Crippen LogP contribution in [0.5, 0.6) is 0 Å². The molecule has 2 aromatic carbocycles. The lowest BCUT2D eigenvalue weighted by molar-refractivity contribution is 0.0567. The topological polar surface area (TPSA) is 71.7 Å². The van der Waals surface area contributed by atoms with Crippen molar-refractivity contribution in [3.8, 4) is 22.3 Å². The molecule has 0 saturated carbocycles. The van der Waals surface area contributed by atoms with Crippen molar-refractivity contribution in [3.63, 3.8) is 0 Å². The monoisotopic (exact) mass is 309 g/mol. The highest BCUT2D eigenvalue weighted by Crippen LogP contribution is 2.42. The Balaban J connectivity index is 2.33. The van der Waals surface area contributed by atoms with Crippen molar-refractivity contribution in [3.05, 3.63) is 66.4 Å². The smallest absolute Gasteiger partial charge is 0.374 e. The molecule has 0 atom stereocenters. The second-order valence-corrected chi connectivity index (χ2v) is 4.85. The fourth-order valence-electron chi connectivity index (χ4n) is 2.51. The second kappa shape index (κ2) is 6.37. The molecule has 2 N–H and O–H groups in total. The van der Waals surface area contributed by atoms with Gasteiger partial charge in [0.15, 0.2) is 0 Å². The summed E-state index contributed by atoms with van der Waals surface area (Å²) in [5, 5.41) is 9.42. The minimum Gasteiger partial charge on any atom is -0.463 e. The predicted molar refractivity (Wildman–Crippen MR) is 86.3 cm³/mol. The molecule has 1 aromatic heterocycles. The number of esters is 1. The summed E-state index contributed by atoms with van der Waals surface area (Å²) in [6.07, 6.45) is 0. The Hall–Kier alpha value is -3.05. The van der Waals surface area contributed by atoms with Gasteiger partial charge in [0, 0.05) is 5.56 Å². The highest BCUT2D eigenvalue weighted by Gasteiger charge is 2.27. The van der Waals surface area contributed by atoms with Crippen LogP contribution in [-0.4, -0.2) is 18.3 Å². The quantitative estimate of drug-likeness (QED) is 0.558. The van der Waals surface area contributed by atoms with E-state index in [4.69, 9.17) is 9.15 Å². The highest BCUT2D eigenvalue weighted by molar-refractivity contribution is 6.03. The Morgan fingerprint density at radius 1 is 0.957 bits per heavy atom. The molecular formula is C18H15NO4. The molecule has 0 saturated heterocycles. The molecule has 0 aliphatic heterocycles. The van der Waals surface area contributed by atoms with E-state index in [-0.39, 0.29) is 11.6 Å². The molecule has 0 radical (unpaired) electrons. The Bertz CT molecular complexity index is 810. The van der Waals surface area contributed by atoms with E-state index in [2.05, 4.69) is 0 Å². The summed E-state index contributed by atoms with van der Waals surface area (Å²) in [5.74, 6) is -0.480. The van der Waals surface area contributed by atoms with Crippen LogP contribution < -0.4 is 5.48 Å². The van der Waals surface area contributed by atoms with Gasteiger partial charge in [0.05, 0.1) is 12.7 Å². The Labute approximate surface area is 133 Å². The van der Waals surface area contributed by atoms with Crippen molar-refractivity contribution in [2.24, 2.45) is 0 Å². The minimum absolute atomic E-state index is 0.0362. The van der Waals surface area contributed by atoms with Crippen molar-refractivity contribution in [1.82, 2.24) is 0 Å². The Morgan fingerprint density at radius 3 is 1.96 bits per heavy atom. The van der Waals surface area contributed by atoms with Crippen LogP contribution in [0.25, 0.3) is 22.3 Å². The molecule has 23 heavy (non-hydrogen) atoms. The predicted octanol–water partition coefficient (Wildman–Crippen LogP) is 4.20. The number of carbonyl (C=O) groups excluding carboxylic acids is 1. The van der Waals surface area contributed by atoms with Crippen LogP contribution in [0.15, 0.2) is 65.1 Å². The number of methoxy groups -OCH3 is 1. The van der Waals surface area contributed by atoms with Crippen LogP contribution in [-0.2, 0) is 4.74 Å². The van der Waals surface area contributed by atoms with Crippen molar-refractivity contribution in [2.75, 3.05) is 12.6 Å². The number of ether oxygens (including phenoxy) is 1. The second-order valence-electron chi connectivity index (χ2n) is 4.85. The van der Waals surface area contributed by atoms with Crippen LogP contribution >= 0.6 is 0 Å². The number of nitrogens with one attached hydrogen (secondary N) is 1. The van der Waals surface area contributed by atoms with Crippen LogP contribution in [0.1, 0.15) is 10.6 Å². The minimum atomic E-state index is -0.609. The fourth-order valence-corrected chi connectivity index (χ4v) is 2.51. The number of benzene rings is 2.